The number of H-pyrrole nitrogens is 1. The minimum Gasteiger partial charge on any atom is -0.508 e. The molecule has 0 unspecified atom stereocenters. The molecular weight excluding hydrogens is 229 g/mol. The number of hydrogen-bond donors (Lipinski definition) is 2. The van der Waals surface area contributed by atoms with Gasteiger partial charge in [-0.05, 0) is 17.5 Å². The van der Waals surface area contributed by atoms with Crippen molar-refractivity contribution in [2.24, 2.45) is 0 Å². The van der Waals surface area contributed by atoms with Crippen LogP contribution < -0.4 is 5.56 Å². The number of hydrogen-bond acceptors (Lipinski definition) is 3. The molecule has 3 aromatic rings. The van der Waals surface area contributed by atoms with Gasteiger partial charge in [0.2, 0.25) is 0 Å². The average Bonchev–Trinajstić information content (AvgIpc) is 2.69. The van der Waals surface area contributed by atoms with Gasteiger partial charge in [0.15, 0.2) is 5.82 Å². The Bertz CT molecular complexity index is 760. The van der Waals surface area contributed by atoms with E-state index in [9.17, 15) is 14.3 Å². The van der Waals surface area contributed by atoms with Gasteiger partial charge in [0.05, 0.1) is 5.52 Å². The molecule has 0 saturated carbocycles. The highest BCUT2D eigenvalue weighted by Crippen LogP contribution is 2.29. The molecule has 3 rings (SSSR count). The topological polar surface area (TPSA) is 53.1 Å². The van der Waals surface area contributed by atoms with Gasteiger partial charge in [0, 0.05) is 16.8 Å². The Hall–Kier alpha value is -1.88. The molecular formula is C11H6FNO2S. The fraction of sp³-hybridized carbons (Fsp3) is 0. The van der Waals surface area contributed by atoms with E-state index in [0.717, 1.165) is 6.07 Å². The minimum atomic E-state index is -0.625. The van der Waals surface area contributed by atoms with Crippen molar-refractivity contribution in [1.29, 1.82) is 0 Å². The Balaban J connectivity index is 2.69. The summed E-state index contributed by atoms with van der Waals surface area (Å²) in [5.41, 5.74) is -0.171. The molecule has 0 atom stereocenters. The Labute approximate surface area is 92.8 Å². The van der Waals surface area contributed by atoms with Crippen LogP contribution in [0, 0.1) is 5.82 Å². The molecule has 0 amide bonds. The average molecular weight is 235 g/mol. The smallest absolute Gasteiger partial charge is 0.266 e. The van der Waals surface area contributed by atoms with E-state index in [0.29, 0.717) is 15.5 Å². The van der Waals surface area contributed by atoms with Crippen LogP contribution in [0.1, 0.15) is 0 Å². The number of fused-ring (bicyclic) bond motifs is 3. The molecule has 3 nitrogen and oxygen atoms in total. The zero-order valence-corrected chi connectivity index (χ0v) is 8.77. The molecule has 0 aliphatic heterocycles. The molecule has 80 valence electrons. The van der Waals surface area contributed by atoms with E-state index >= 15 is 0 Å². The third-order valence-corrected chi connectivity index (χ3v) is 3.39. The quantitative estimate of drug-likeness (QED) is 0.629. The Morgan fingerprint density at radius 1 is 1.31 bits per heavy atom. The molecule has 0 fully saturated rings. The first kappa shape index (κ1) is 9.35. The third kappa shape index (κ3) is 1.15. The maximum atomic E-state index is 13.5. The fourth-order valence-corrected chi connectivity index (χ4v) is 2.60. The molecule has 1 aromatic carbocycles. The molecule has 0 bridgehead atoms. The van der Waals surface area contributed by atoms with Gasteiger partial charge in [-0.1, -0.05) is 0 Å². The summed E-state index contributed by atoms with van der Waals surface area (Å²) in [6.07, 6.45) is 0. The van der Waals surface area contributed by atoms with Gasteiger partial charge in [-0.15, -0.1) is 11.3 Å². The number of aromatic amines is 1. The maximum absolute atomic E-state index is 13.5. The highest BCUT2D eigenvalue weighted by Gasteiger charge is 2.10. The minimum absolute atomic E-state index is 0.133. The second-order valence-corrected chi connectivity index (χ2v) is 4.38. The van der Waals surface area contributed by atoms with Gasteiger partial charge in [-0.3, -0.25) is 4.79 Å². The largest absolute Gasteiger partial charge is 0.508 e. The summed E-state index contributed by atoms with van der Waals surface area (Å²) in [6, 6.07) is 4.18. The van der Waals surface area contributed by atoms with Crippen molar-refractivity contribution >= 4 is 32.3 Å². The number of aromatic nitrogens is 1. The molecule has 2 aromatic heterocycles. The monoisotopic (exact) mass is 235 g/mol. The number of aromatic hydroxyl groups is 1. The van der Waals surface area contributed by atoms with E-state index in [1.807, 2.05) is 0 Å². The van der Waals surface area contributed by atoms with E-state index in [2.05, 4.69) is 4.98 Å². The molecule has 0 saturated heterocycles. The van der Waals surface area contributed by atoms with Crippen molar-refractivity contribution in [3.63, 3.8) is 0 Å². The van der Waals surface area contributed by atoms with E-state index in [1.165, 1.54) is 17.4 Å². The number of rotatable bonds is 0. The Kier molecular flexibility index (Phi) is 1.79. The van der Waals surface area contributed by atoms with Gasteiger partial charge < -0.3 is 10.1 Å². The van der Waals surface area contributed by atoms with E-state index in [4.69, 9.17) is 0 Å². The Morgan fingerprint density at radius 3 is 2.94 bits per heavy atom. The molecule has 16 heavy (non-hydrogen) atoms. The van der Waals surface area contributed by atoms with Gasteiger partial charge in [0.1, 0.15) is 10.4 Å². The number of pyridine rings is 1. The Morgan fingerprint density at radius 2 is 2.12 bits per heavy atom. The second-order valence-electron chi connectivity index (χ2n) is 3.47. The molecule has 0 aliphatic rings. The summed E-state index contributed by atoms with van der Waals surface area (Å²) < 4.78 is 14.1. The molecule has 2 heterocycles. The predicted octanol–water partition coefficient (Wildman–Crippen LogP) is 2.59. The van der Waals surface area contributed by atoms with Crippen LogP contribution in [-0.4, -0.2) is 10.1 Å². The summed E-state index contributed by atoms with van der Waals surface area (Å²) in [4.78, 5) is 14.1. The normalized spacial score (nSPS) is 11.3. The van der Waals surface area contributed by atoms with Crippen molar-refractivity contribution < 1.29 is 9.50 Å². The standard InChI is InChI=1S/C11H6FNO2S/c12-8-4-5(14)3-7-6-1-2-16-10(6)11(15)13-9(7)8/h1-4,14H,(H,13,15). The molecule has 0 aliphatic carbocycles. The van der Waals surface area contributed by atoms with Crippen LogP contribution in [0.3, 0.4) is 0 Å². The number of phenolic OH excluding ortho intramolecular Hbond substituents is 1. The van der Waals surface area contributed by atoms with Crippen molar-refractivity contribution in [2.45, 2.75) is 0 Å². The highest BCUT2D eigenvalue weighted by atomic mass is 32.1. The summed E-state index contributed by atoms with van der Waals surface area (Å²) in [5.74, 6) is -0.773. The number of halogens is 1. The van der Waals surface area contributed by atoms with Crippen LogP contribution in [0.15, 0.2) is 28.4 Å². The zero-order valence-electron chi connectivity index (χ0n) is 7.95. The van der Waals surface area contributed by atoms with Crippen molar-refractivity contribution in [2.75, 3.05) is 0 Å². The lowest BCUT2D eigenvalue weighted by molar-refractivity contribution is 0.471. The molecule has 2 N–H and O–H groups in total. The van der Waals surface area contributed by atoms with Gasteiger partial charge in [-0.2, -0.15) is 0 Å². The van der Waals surface area contributed by atoms with Crippen LogP contribution in [0.5, 0.6) is 5.75 Å². The summed E-state index contributed by atoms with van der Waals surface area (Å²) in [6.45, 7) is 0. The van der Waals surface area contributed by atoms with Crippen molar-refractivity contribution in [3.05, 3.63) is 39.8 Å². The van der Waals surface area contributed by atoms with Gasteiger partial charge in [-0.25, -0.2) is 4.39 Å². The number of phenols is 1. The van der Waals surface area contributed by atoms with Crippen molar-refractivity contribution in [1.82, 2.24) is 4.98 Å². The van der Waals surface area contributed by atoms with Gasteiger partial charge >= 0.3 is 0 Å². The van der Waals surface area contributed by atoms with E-state index < -0.39 is 5.82 Å². The van der Waals surface area contributed by atoms with E-state index in [1.54, 1.807) is 11.4 Å². The van der Waals surface area contributed by atoms with Crippen LogP contribution in [0.25, 0.3) is 21.0 Å². The molecule has 0 radical (unpaired) electrons. The SMILES string of the molecule is O=c1[nH]c2c(F)cc(O)cc2c2ccsc12. The van der Waals surface area contributed by atoms with Crippen LogP contribution in [-0.2, 0) is 0 Å². The van der Waals surface area contributed by atoms with Crippen LogP contribution in [0.2, 0.25) is 0 Å². The number of thiophene rings is 1. The second kappa shape index (κ2) is 3.05. The molecule has 0 spiro atoms. The number of benzene rings is 1. The summed E-state index contributed by atoms with van der Waals surface area (Å²) in [5, 5.41) is 12.3. The maximum Gasteiger partial charge on any atom is 0.266 e. The van der Waals surface area contributed by atoms with Crippen molar-refractivity contribution in [3.8, 4) is 5.75 Å². The first-order chi connectivity index (χ1) is 7.66. The van der Waals surface area contributed by atoms with Gasteiger partial charge in [0.25, 0.3) is 5.56 Å². The third-order valence-electron chi connectivity index (χ3n) is 2.48. The lowest BCUT2D eigenvalue weighted by Crippen LogP contribution is -2.05. The zero-order chi connectivity index (χ0) is 11.3. The van der Waals surface area contributed by atoms with Crippen LogP contribution >= 0.6 is 11.3 Å². The summed E-state index contributed by atoms with van der Waals surface area (Å²) >= 11 is 1.29. The lowest BCUT2D eigenvalue weighted by atomic mass is 10.1. The fourth-order valence-electron chi connectivity index (χ4n) is 1.80. The van der Waals surface area contributed by atoms with Crippen LogP contribution in [0.4, 0.5) is 4.39 Å². The number of nitrogens with one attached hydrogen (secondary N) is 1. The first-order valence-electron chi connectivity index (χ1n) is 4.58. The molecule has 5 heteroatoms. The highest BCUT2D eigenvalue weighted by molar-refractivity contribution is 7.17. The first-order valence-corrected chi connectivity index (χ1v) is 5.46. The predicted molar refractivity (Wildman–Crippen MR) is 61.6 cm³/mol. The van der Waals surface area contributed by atoms with E-state index in [-0.39, 0.29) is 16.8 Å². The summed E-state index contributed by atoms with van der Waals surface area (Å²) in [7, 11) is 0. The lowest BCUT2D eigenvalue weighted by Gasteiger charge is -2.02.